The average Bonchev–Trinajstić information content (AvgIpc) is 2.88. The minimum absolute atomic E-state index is 0.0573. The molecule has 0 amide bonds. The Kier molecular flexibility index (Phi) is 3.75. The Morgan fingerprint density at radius 2 is 1.96 bits per heavy atom. The first-order valence-corrected chi connectivity index (χ1v) is 8.37. The van der Waals surface area contributed by atoms with Crippen molar-refractivity contribution in [2.24, 2.45) is 0 Å². The quantitative estimate of drug-likeness (QED) is 0.911. The Morgan fingerprint density at radius 3 is 2.65 bits per heavy atom. The van der Waals surface area contributed by atoms with Crippen LogP contribution in [0.15, 0.2) is 12.1 Å². The number of likely N-dealkylation sites (tertiary alicyclic amines) is 1. The molecule has 2 N–H and O–H groups in total. The van der Waals surface area contributed by atoms with Crippen LogP contribution in [0.25, 0.3) is 11.0 Å². The van der Waals surface area contributed by atoms with Gasteiger partial charge < -0.3 is 19.8 Å². The average molecular weight is 316 g/mol. The molecule has 0 unspecified atom stereocenters. The number of nitrogens with one attached hydrogen (secondary N) is 2. The number of ether oxygens (including phenoxy) is 2. The van der Waals surface area contributed by atoms with Gasteiger partial charge in [-0.15, -0.1) is 0 Å². The zero-order valence-corrected chi connectivity index (χ0v) is 13.9. The van der Waals surface area contributed by atoms with Crippen molar-refractivity contribution >= 4 is 17.0 Å². The molecule has 0 atom stereocenters. The predicted octanol–water partition coefficient (Wildman–Crippen LogP) is 2.73. The standard InChI is InChI=1S/C17H24N4O2/c1-10-8-11(2)15-14(9-10)19-16(20-15)18-13-4-6-21(7-5-13)17-22-12(3)23-17/h8-9,12-13,17H,4-7H2,1-3H3,(H2,18,19,20). The van der Waals surface area contributed by atoms with E-state index in [0.29, 0.717) is 6.04 Å². The highest BCUT2D eigenvalue weighted by atomic mass is 16.9. The third-order valence-electron chi connectivity index (χ3n) is 4.71. The molecule has 0 spiro atoms. The van der Waals surface area contributed by atoms with Crippen LogP contribution in [0.4, 0.5) is 5.95 Å². The lowest BCUT2D eigenvalue weighted by molar-refractivity contribution is -0.423. The summed E-state index contributed by atoms with van der Waals surface area (Å²) in [6.45, 7) is 8.11. The van der Waals surface area contributed by atoms with Gasteiger partial charge in [-0.25, -0.2) is 4.98 Å². The van der Waals surface area contributed by atoms with Crippen molar-refractivity contribution in [1.82, 2.24) is 14.9 Å². The van der Waals surface area contributed by atoms with E-state index in [1.165, 1.54) is 11.1 Å². The summed E-state index contributed by atoms with van der Waals surface area (Å²) in [4.78, 5) is 10.4. The molecule has 6 nitrogen and oxygen atoms in total. The fourth-order valence-corrected chi connectivity index (χ4v) is 3.50. The predicted molar refractivity (Wildman–Crippen MR) is 89.2 cm³/mol. The van der Waals surface area contributed by atoms with Crippen LogP contribution in [-0.4, -0.2) is 46.7 Å². The molecule has 2 fully saturated rings. The van der Waals surface area contributed by atoms with Crippen LogP contribution in [0.5, 0.6) is 0 Å². The monoisotopic (exact) mass is 316 g/mol. The Bertz CT molecular complexity index is 700. The van der Waals surface area contributed by atoms with Gasteiger partial charge in [0.15, 0.2) is 6.29 Å². The number of imidazole rings is 1. The number of fused-ring (bicyclic) bond motifs is 1. The van der Waals surface area contributed by atoms with Gasteiger partial charge in [-0.3, -0.25) is 4.90 Å². The second-order valence-corrected chi connectivity index (χ2v) is 6.66. The van der Waals surface area contributed by atoms with Gasteiger partial charge in [0.25, 0.3) is 0 Å². The van der Waals surface area contributed by atoms with Crippen molar-refractivity contribution in [1.29, 1.82) is 0 Å². The van der Waals surface area contributed by atoms with Gasteiger partial charge in [0, 0.05) is 19.1 Å². The summed E-state index contributed by atoms with van der Waals surface area (Å²) in [7, 11) is 0. The first kappa shape index (κ1) is 14.9. The van der Waals surface area contributed by atoms with Gasteiger partial charge in [-0.1, -0.05) is 6.07 Å². The first-order valence-electron chi connectivity index (χ1n) is 8.37. The largest absolute Gasteiger partial charge is 0.353 e. The van der Waals surface area contributed by atoms with Crippen molar-refractivity contribution in [2.75, 3.05) is 18.4 Å². The summed E-state index contributed by atoms with van der Waals surface area (Å²) in [6, 6.07) is 4.76. The molecule has 0 aliphatic carbocycles. The number of piperidine rings is 1. The molecule has 4 rings (SSSR count). The number of aryl methyl sites for hydroxylation is 2. The van der Waals surface area contributed by atoms with Gasteiger partial charge >= 0.3 is 0 Å². The third kappa shape index (κ3) is 2.94. The lowest BCUT2D eigenvalue weighted by Gasteiger charge is -2.43. The fourth-order valence-electron chi connectivity index (χ4n) is 3.50. The Hall–Kier alpha value is -1.63. The topological polar surface area (TPSA) is 62.4 Å². The second kappa shape index (κ2) is 5.78. The molecular weight excluding hydrogens is 292 g/mol. The van der Waals surface area contributed by atoms with E-state index in [1.807, 2.05) is 6.92 Å². The summed E-state index contributed by atoms with van der Waals surface area (Å²) < 4.78 is 11.1. The van der Waals surface area contributed by atoms with Gasteiger partial charge in [0.05, 0.1) is 11.0 Å². The molecule has 2 aliphatic rings. The van der Waals surface area contributed by atoms with E-state index in [4.69, 9.17) is 14.5 Å². The minimum Gasteiger partial charge on any atom is -0.353 e. The molecule has 2 aromatic rings. The SMILES string of the molecule is Cc1cc(C)c2nc(NC3CCN(C4OC(C)O4)CC3)[nH]c2c1. The lowest BCUT2D eigenvalue weighted by Crippen LogP contribution is -2.54. The molecule has 0 saturated carbocycles. The van der Waals surface area contributed by atoms with E-state index in [2.05, 4.69) is 41.2 Å². The van der Waals surface area contributed by atoms with Crippen LogP contribution in [-0.2, 0) is 9.47 Å². The number of anilines is 1. The lowest BCUT2D eigenvalue weighted by atomic mass is 10.1. The number of aromatic nitrogens is 2. The fraction of sp³-hybridized carbons (Fsp3) is 0.588. The summed E-state index contributed by atoms with van der Waals surface area (Å²) >= 11 is 0. The molecule has 1 aromatic carbocycles. The van der Waals surface area contributed by atoms with Crippen LogP contribution in [0.3, 0.4) is 0 Å². The van der Waals surface area contributed by atoms with Crippen molar-refractivity contribution in [3.05, 3.63) is 23.3 Å². The Morgan fingerprint density at radius 1 is 1.22 bits per heavy atom. The first-order chi connectivity index (χ1) is 11.1. The molecular formula is C17H24N4O2. The van der Waals surface area contributed by atoms with Crippen LogP contribution in [0, 0.1) is 13.8 Å². The highest BCUT2D eigenvalue weighted by molar-refractivity contribution is 5.81. The zero-order valence-electron chi connectivity index (χ0n) is 13.9. The van der Waals surface area contributed by atoms with Crippen molar-refractivity contribution in [2.45, 2.75) is 52.4 Å². The molecule has 23 heavy (non-hydrogen) atoms. The van der Waals surface area contributed by atoms with E-state index in [1.54, 1.807) is 0 Å². The normalized spacial score (nSPS) is 26.4. The van der Waals surface area contributed by atoms with Crippen molar-refractivity contribution < 1.29 is 9.47 Å². The van der Waals surface area contributed by atoms with E-state index in [9.17, 15) is 0 Å². The molecule has 0 radical (unpaired) electrons. The van der Waals surface area contributed by atoms with Crippen LogP contribution in [0.1, 0.15) is 30.9 Å². The summed E-state index contributed by atoms with van der Waals surface area (Å²) in [6.07, 6.45) is 1.93. The maximum absolute atomic E-state index is 5.56. The molecule has 1 aromatic heterocycles. The molecule has 2 aliphatic heterocycles. The van der Waals surface area contributed by atoms with E-state index < -0.39 is 0 Å². The molecule has 2 saturated heterocycles. The van der Waals surface area contributed by atoms with E-state index in [0.717, 1.165) is 42.9 Å². The number of rotatable bonds is 3. The molecule has 6 heteroatoms. The molecule has 3 heterocycles. The van der Waals surface area contributed by atoms with Crippen LogP contribution < -0.4 is 5.32 Å². The maximum atomic E-state index is 5.56. The minimum atomic E-state index is -0.136. The van der Waals surface area contributed by atoms with Crippen LogP contribution >= 0.6 is 0 Å². The van der Waals surface area contributed by atoms with Crippen molar-refractivity contribution in [3.63, 3.8) is 0 Å². The van der Waals surface area contributed by atoms with Gasteiger partial charge in [0.2, 0.25) is 12.4 Å². The maximum Gasteiger partial charge on any atom is 0.223 e. The second-order valence-electron chi connectivity index (χ2n) is 6.66. The number of hydrogen-bond donors (Lipinski definition) is 2. The highest BCUT2D eigenvalue weighted by Gasteiger charge is 2.34. The van der Waals surface area contributed by atoms with Gasteiger partial charge in [-0.2, -0.15) is 0 Å². The van der Waals surface area contributed by atoms with E-state index >= 15 is 0 Å². The number of aromatic amines is 1. The number of nitrogens with zero attached hydrogens (tertiary/aromatic N) is 2. The van der Waals surface area contributed by atoms with E-state index in [-0.39, 0.29) is 12.7 Å². The number of hydrogen-bond acceptors (Lipinski definition) is 5. The molecule has 124 valence electrons. The van der Waals surface area contributed by atoms with Gasteiger partial charge in [-0.05, 0) is 50.8 Å². The third-order valence-corrected chi connectivity index (χ3v) is 4.71. The Labute approximate surface area is 136 Å². The summed E-state index contributed by atoms with van der Waals surface area (Å²) in [5, 5.41) is 3.55. The summed E-state index contributed by atoms with van der Waals surface area (Å²) in [5.41, 5.74) is 4.63. The molecule has 0 bridgehead atoms. The number of H-pyrrole nitrogens is 1. The zero-order chi connectivity index (χ0) is 16.0. The van der Waals surface area contributed by atoms with Gasteiger partial charge in [0.1, 0.15) is 0 Å². The summed E-state index contributed by atoms with van der Waals surface area (Å²) in [5.74, 6) is 0.872. The highest BCUT2D eigenvalue weighted by Crippen LogP contribution is 2.25. The Balaban J connectivity index is 1.38. The van der Waals surface area contributed by atoms with Crippen LogP contribution in [0.2, 0.25) is 0 Å². The van der Waals surface area contributed by atoms with Crippen molar-refractivity contribution in [3.8, 4) is 0 Å². The number of benzene rings is 1. The smallest absolute Gasteiger partial charge is 0.223 e.